The van der Waals surface area contributed by atoms with Crippen LogP contribution in [-0.4, -0.2) is 18.7 Å². The Morgan fingerprint density at radius 1 is 1.31 bits per heavy atom. The SMILES string of the molecule is OB1CC=C(C2CCCCC2)CO1. The number of allylic oxidation sites excluding steroid dienone is 1. The van der Waals surface area contributed by atoms with E-state index in [9.17, 15) is 0 Å². The lowest BCUT2D eigenvalue weighted by atomic mass is 9.77. The van der Waals surface area contributed by atoms with Gasteiger partial charge in [-0.2, -0.15) is 0 Å². The third-order valence-electron chi connectivity index (χ3n) is 3.15. The fraction of sp³-hybridized carbons (Fsp3) is 0.800. The zero-order chi connectivity index (χ0) is 9.10. The van der Waals surface area contributed by atoms with Crippen LogP contribution in [0, 0.1) is 5.92 Å². The molecule has 13 heavy (non-hydrogen) atoms. The highest BCUT2D eigenvalue weighted by Crippen LogP contribution is 2.31. The number of rotatable bonds is 1. The Hall–Kier alpha value is -0.275. The fourth-order valence-electron chi connectivity index (χ4n) is 2.33. The Bertz CT molecular complexity index is 197. The van der Waals surface area contributed by atoms with Gasteiger partial charge in [-0.15, -0.1) is 0 Å². The highest BCUT2D eigenvalue weighted by atomic mass is 16.5. The highest BCUT2D eigenvalue weighted by Gasteiger charge is 2.23. The summed E-state index contributed by atoms with van der Waals surface area (Å²) in [5, 5.41) is 9.16. The zero-order valence-corrected chi connectivity index (χ0v) is 8.04. The van der Waals surface area contributed by atoms with E-state index in [0.29, 0.717) is 12.9 Å². The molecule has 1 fully saturated rings. The monoisotopic (exact) mass is 180 g/mol. The van der Waals surface area contributed by atoms with Gasteiger partial charge in [-0.3, -0.25) is 0 Å². The van der Waals surface area contributed by atoms with E-state index in [-0.39, 0.29) is 0 Å². The van der Waals surface area contributed by atoms with Gasteiger partial charge in [0.25, 0.3) is 0 Å². The third-order valence-corrected chi connectivity index (χ3v) is 3.15. The molecule has 0 amide bonds. The smallest absolute Gasteiger partial charge is 0.427 e. The van der Waals surface area contributed by atoms with E-state index in [1.807, 2.05) is 0 Å². The molecule has 0 aromatic rings. The van der Waals surface area contributed by atoms with E-state index in [0.717, 1.165) is 5.92 Å². The van der Waals surface area contributed by atoms with Gasteiger partial charge in [-0.05, 0) is 24.3 Å². The van der Waals surface area contributed by atoms with Gasteiger partial charge in [-0.25, -0.2) is 0 Å². The van der Waals surface area contributed by atoms with Crippen molar-refractivity contribution in [1.82, 2.24) is 0 Å². The minimum absolute atomic E-state index is 0.549. The summed E-state index contributed by atoms with van der Waals surface area (Å²) in [6.45, 7) is 0.659. The molecule has 1 aliphatic carbocycles. The van der Waals surface area contributed by atoms with Gasteiger partial charge in [0.05, 0.1) is 6.61 Å². The van der Waals surface area contributed by atoms with Crippen LogP contribution in [0.15, 0.2) is 11.6 Å². The molecule has 72 valence electrons. The van der Waals surface area contributed by atoms with Crippen LogP contribution in [0.5, 0.6) is 0 Å². The Kier molecular flexibility index (Phi) is 3.07. The first-order valence-electron chi connectivity index (χ1n) is 5.35. The summed E-state index contributed by atoms with van der Waals surface area (Å²) in [6, 6.07) is 0. The summed E-state index contributed by atoms with van der Waals surface area (Å²) in [6.07, 6.45) is 9.65. The van der Waals surface area contributed by atoms with E-state index in [2.05, 4.69) is 6.08 Å². The lowest BCUT2D eigenvalue weighted by Crippen LogP contribution is -2.25. The molecule has 0 aromatic carbocycles. The molecule has 0 unspecified atom stereocenters. The molecule has 2 aliphatic rings. The van der Waals surface area contributed by atoms with E-state index in [4.69, 9.17) is 9.68 Å². The van der Waals surface area contributed by atoms with Gasteiger partial charge in [0.1, 0.15) is 0 Å². The summed E-state index contributed by atoms with van der Waals surface area (Å²) in [5.41, 5.74) is 1.44. The molecule has 0 atom stereocenters. The van der Waals surface area contributed by atoms with Crippen LogP contribution >= 0.6 is 0 Å². The van der Waals surface area contributed by atoms with Crippen LogP contribution < -0.4 is 0 Å². The maximum absolute atomic E-state index is 9.16. The molecule has 0 aromatic heterocycles. The first-order valence-corrected chi connectivity index (χ1v) is 5.35. The number of hydrogen-bond acceptors (Lipinski definition) is 2. The van der Waals surface area contributed by atoms with Gasteiger partial charge in [0.2, 0.25) is 0 Å². The van der Waals surface area contributed by atoms with Crippen LogP contribution in [0.4, 0.5) is 0 Å². The van der Waals surface area contributed by atoms with Gasteiger partial charge in [0.15, 0.2) is 0 Å². The molecular weight excluding hydrogens is 163 g/mol. The fourth-order valence-corrected chi connectivity index (χ4v) is 2.33. The molecule has 0 spiro atoms. The second-order valence-corrected chi connectivity index (χ2v) is 4.12. The standard InChI is InChI=1S/C10H17BO2/c12-11-7-6-10(8-13-11)9-4-2-1-3-5-9/h6,9,12H,1-5,7-8H2. The lowest BCUT2D eigenvalue weighted by Gasteiger charge is -2.27. The summed E-state index contributed by atoms with van der Waals surface area (Å²) in [7, 11) is -0.549. The van der Waals surface area contributed by atoms with Gasteiger partial charge in [-0.1, -0.05) is 25.3 Å². The van der Waals surface area contributed by atoms with Crippen LogP contribution in [0.1, 0.15) is 32.1 Å². The summed E-state index contributed by atoms with van der Waals surface area (Å²) in [5.74, 6) is 0.751. The predicted octanol–water partition coefficient (Wildman–Crippen LogP) is 2.00. The Morgan fingerprint density at radius 2 is 2.08 bits per heavy atom. The van der Waals surface area contributed by atoms with Crippen molar-refractivity contribution in [3.8, 4) is 0 Å². The predicted molar refractivity (Wildman–Crippen MR) is 53.4 cm³/mol. The minimum atomic E-state index is -0.549. The summed E-state index contributed by atoms with van der Waals surface area (Å²) in [4.78, 5) is 0. The van der Waals surface area contributed by atoms with Crippen molar-refractivity contribution in [1.29, 1.82) is 0 Å². The molecule has 0 bridgehead atoms. The Balaban J connectivity index is 1.92. The first kappa shape index (κ1) is 9.29. The van der Waals surface area contributed by atoms with Crippen molar-refractivity contribution < 1.29 is 9.68 Å². The average Bonchev–Trinajstić information content (AvgIpc) is 2.20. The quantitative estimate of drug-likeness (QED) is 0.494. The van der Waals surface area contributed by atoms with E-state index >= 15 is 0 Å². The van der Waals surface area contributed by atoms with Crippen LogP contribution in [-0.2, 0) is 4.65 Å². The maximum Gasteiger partial charge on any atom is 0.458 e. The van der Waals surface area contributed by atoms with Crippen molar-refractivity contribution in [3.05, 3.63) is 11.6 Å². The van der Waals surface area contributed by atoms with Gasteiger partial charge < -0.3 is 9.68 Å². The topological polar surface area (TPSA) is 29.5 Å². The summed E-state index contributed by atoms with van der Waals surface area (Å²) < 4.78 is 5.23. The second kappa shape index (κ2) is 4.29. The van der Waals surface area contributed by atoms with Crippen LogP contribution in [0.3, 0.4) is 0 Å². The minimum Gasteiger partial charge on any atom is -0.427 e. The number of hydrogen-bond donors (Lipinski definition) is 1. The molecule has 2 rings (SSSR count). The molecule has 0 radical (unpaired) electrons. The van der Waals surface area contributed by atoms with Gasteiger partial charge in [0, 0.05) is 6.32 Å². The van der Waals surface area contributed by atoms with Crippen LogP contribution in [0.2, 0.25) is 6.32 Å². The lowest BCUT2D eigenvalue weighted by molar-refractivity contribution is 0.256. The average molecular weight is 180 g/mol. The normalized spacial score (nSPS) is 25.9. The Morgan fingerprint density at radius 3 is 2.69 bits per heavy atom. The van der Waals surface area contributed by atoms with Crippen molar-refractivity contribution in [2.24, 2.45) is 5.92 Å². The molecule has 2 nitrogen and oxygen atoms in total. The van der Waals surface area contributed by atoms with Crippen LogP contribution in [0.25, 0.3) is 0 Å². The van der Waals surface area contributed by atoms with E-state index in [1.54, 1.807) is 0 Å². The Labute approximate surface area is 80.1 Å². The van der Waals surface area contributed by atoms with Crippen molar-refractivity contribution >= 4 is 7.12 Å². The highest BCUT2D eigenvalue weighted by molar-refractivity contribution is 6.43. The zero-order valence-electron chi connectivity index (χ0n) is 8.04. The van der Waals surface area contributed by atoms with E-state index < -0.39 is 7.12 Å². The van der Waals surface area contributed by atoms with Crippen molar-refractivity contribution in [2.45, 2.75) is 38.4 Å². The molecule has 0 saturated heterocycles. The molecule has 1 saturated carbocycles. The van der Waals surface area contributed by atoms with E-state index in [1.165, 1.54) is 37.7 Å². The maximum atomic E-state index is 9.16. The van der Waals surface area contributed by atoms with Crippen molar-refractivity contribution in [3.63, 3.8) is 0 Å². The third kappa shape index (κ3) is 2.35. The molecule has 1 N–H and O–H groups in total. The second-order valence-electron chi connectivity index (χ2n) is 4.12. The summed E-state index contributed by atoms with van der Waals surface area (Å²) >= 11 is 0. The van der Waals surface area contributed by atoms with Crippen molar-refractivity contribution in [2.75, 3.05) is 6.61 Å². The van der Waals surface area contributed by atoms with Gasteiger partial charge >= 0.3 is 7.12 Å². The molecule has 1 heterocycles. The molecular formula is C10H17BO2. The first-order chi connectivity index (χ1) is 6.36. The largest absolute Gasteiger partial charge is 0.458 e. The molecule has 1 aliphatic heterocycles. The molecule has 3 heteroatoms.